The van der Waals surface area contributed by atoms with Crippen molar-refractivity contribution in [3.63, 3.8) is 0 Å². The van der Waals surface area contributed by atoms with Gasteiger partial charge < -0.3 is 4.90 Å². The SMILES string of the molecule is CCCN(CCC)C(=O)c1cccc(C(C)C)c1. The zero-order chi connectivity index (χ0) is 13.5. The van der Waals surface area contributed by atoms with Gasteiger partial charge in [0.15, 0.2) is 0 Å². The van der Waals surface area contributed by atoms with Crippen LogP contribution in [0.4, 0.5) is 0 Å². The molecule has 0 heterocycles. The summed E-state index contributed by atoms with van der Waals surface area (Å²) >= 11 is 0. The number of nitrogens with zero attached hydrogens (tertiary/aromatic N) is 1. The first kappa shape index (κ1) is 14.7. The lowest BCUT2D eigenvalue weighted by Gasteiger charge is -2.22. The van der Waals surface area contributed by atoms with Gasteiger partial charge in [-0.3, -0.25) is 4.79 Å². The van der Waals surface area contributed by atoms with E-state index in [0.717, 1.165) is 31.5 Å². The summed E-state index contributed by atoms with van der Waals surface area (Å²) in [4.78, 5) is 14.4. The molecule has 0 atom stereocenters. The van der Waals surface area contributed by atoms with Crippen molar-refractivity contribution >= 4 is 5.91 Å². The van der Waals surface area contributed by atoms with Gasteiger partial charge in [0.25, 0.3) is 5.91 Å². The van der Waals surface area contributed by atoms with Crippen LogP contribution >= 0.6 is 0 Å². The lowest BCUT2D eigenvalue weighted by molar-refractivity contribution is 0.0755. The third-order valence-corrected chi connectivity index (χ3v) is 3.07. The van der Waals surface area contributed by atoms with E-state index in [-0.39, 0.29) is 5.91 Å². The van der Waals surface area contributed by atoms with Crippen LogP contribution in [-0.4, -0.2) is 23.9 Å². The van der Waals surface area contributed by atoms with E-state index in [2.05, 4.69) is 33.8 Å². The highest BCUT2D eigenvalue weighted by molar-refractivity contribution is 5.94. The van der Waals surface area contributed by atoms with E-state index in [9.17, 15) is 4.79 Å². The molecule has 0 radical (unpaired) electrons. The predicted molar refractivity (Wildman–Crippen MR) is 77.0 cm³/mol. The quantitative estimate of drug-likeness (QED) is 0.742. The Balaban J connectivity index is 2.90. The monoisotopic (exact) mass is 247 g/mol. The largest absolute Gasteiger partial charge is 0.339 e. The third-order valence-electron chi connectivity index (χ3n) is 3.07. The molecule has 0 aliphatic heterocycles. The van der Waals surface area contributed by atoms with Gasteiger partial charge in [0.1, 0.15) is 0 Å². The molecule has 0 N–H and O–H groups in total. The average molecular weight is 247 g/mol. The Labute approximate surface area is 111 Å². The molecule has 0 aromatic heterocycles. The summed E-state index contributed by atoms with van der Waals surface area (Å²) in [6.45, 7) is 10.2. The van der Waals surface area contributed by atoms with Crippen LogP contribution in [0.2, 0.25) is 0 Å². The molecule has 0 saturated carbocycles. The number of hydrogen-bond acceptors (Lipinski definition) is 1. The highest BCUT2D eigenvalue weighted by atomic mass is 16.2. The minimum absolute atomic E-state index is 0.168. The van der Waals surface area contributed by atoms with Crippen LogP contribution in [0.15, 0.2) is 24.3 Å². The number of carbonyl (C=O) groups is 1. The van der Waals surface area contributed by atoms with Gasteiger partial charge in [0.05, 0.1) is 0 Å². The van der Waals surface area contributed by atoms with Crippen molar-refractivity contribution in [3.05, 3.63) is 35.4 Å². The summed E-state index contributed by atoms with van der Waals surface area (Å²) in [7, 11) is 0. The van der Waals surface area contributed by atoms with Crippen LogP contribution in [-0.2, 0) is 0 Å². The number of hydrogen-bond donors (Lipinski definition) is 0. The maximum absolute atomic E-state index is 12.4. The van der Waals surface area contributed by atoms with E-state index in [1.165, 1.54) is 5.56 Å². The maximum atomic E-state index is 12.4. The summed E-state index contributed by atoms with van der Waals surface area (Å²) in [5.74, 6) is 0.629. The average Bonchev–Trinajstić information content (AvgIpc) is 2.38. The number of benzene rings is 1. The molecule has 0 bridgehead atoms. The predicted octanol–water partition coefficient (Wildman–Crippen LogP) is 4.07. The molecule has 100 valence electrons. The summed E-state index contributed by atoms with van der Waals surface area (Å²) in [6, 6.07) is 8.03. The van der Waals surface area contributed by atoms with Crippen LogP contribution < -0.4 is 0 Å². The van der Waals surface area contributed by atoms with Crippen LogP contribution in [0.3, 0.4) is 0 Å². The molecule has 1 aromatic carbocycles. The van der Waals surface area contributed by atoms with Gasteiger partial charge >= 0.3 is 0 Å². The zero-order valence-corrected chi connectivity index (χ0v) is 12.1. The zero-order valence-electron chi connectivity index (χ0n) is 12.1. The minimum atomic E-state index is 0.168. The highest BCUT2D eigenvalue weighted by Gasteiger charge is 2.14. The molecule has 18 heavy (non-hydrogen) atoms. The smallest absolute Gasteiger partial charge is 0.253 e. The second-order valence-electron chi connectivity index (χ2n) is 5.07. The Hall–Kier alpha value is -1.31. The number of amides is 1. The Morgan fingerprint density at radius 3 is 2.28 bits per heavy atom. The van der Waals surface area contributed by atoms with Gasteiger partial charge in [-0.1, -0.05) is 39.8 Å². The fraction of sp³-hybridized carbons (Fsp3) is 0.562. The Morgan fingerprint density at radius 2 is 1.78 bits per heavy atom. The lowest BCUT2D eigenvalue weighted by atomic mass is 10.0. The first-order valence-electron chi connectivity index (χ1n) is 6.99. The fourth-order valence-corrected chi connectivity index (χ4v) is 2.07. The van der Waals surface area contributed by atoms with Crippen molar-refractivity contribution < 1.29 is 4.79 Å². The molecule has 2 nitrogen and oxygen atoms in total. The first-order valence-corrected chi connectivity index (χ1v) is 6.99. The molecule has 1 rings (SSSR count). The van der Waals surface area contributed by atoms with Crippen molar-refractivity contribution in [1.82, 2.24) is 4.90 Å². The van der Waals surface area contributed by atoms with Gasteiger partial charge in [-0.25, -0.2) is 0 Å². The van der Waals surface area contributed by atoms with Crippen molar-refractivity contribution in [2.45, 2.75) is 46.5 Å². The van der Waals surface area contributed by atoms with Crippen LogP contribution in [0.5, 0.6) is 0 Å². The Kier molecular flexibility index (Phi) is 5.90. The molecule has 1 aromatic rings. The minimum Gasteiger partial charge on any atom is -0.339 e. The molecule has 0 spiro atoms. The molecule has 0 unspecified atom stereocenters. The summed E-state index contributed by atoms with van der Waals surface area (Å²) in [5, 5.41) is 0. The molecule has 0 saturated heterocycles. The number of rotatable bonds is 6. The third kappa shape index (κ3) is 3.86. The van der Waals surface area contributed by atoms with E-state index in [0.29, 0.717) is 5.92 Å². The second kappa shape index (κ2) is 7.20. The van der Waals surface area contributed by atoms with Gasteiger partial charge in [-0.15, -0.1) is 0 Å². The summed E-state index contributed by atoms with van der Waals surface area (Å²) in [6.07, 6.45) is 2.02. The molecule has 2 heteroatoms. The molecular formula is C16H25NO. The van der Waals surface area contributed by atoms with Crippen molar-refractivity contribution in [1.29, 1.82) is 0 Å². The van der Waals surface area contributed by atoms with Crippen molar-refractivity contribution in [2.24, 2.45) is 0 Å². The van der Waals surface area contributed by atoms with Gasteiger partial charge in [-0.2, -0.15) is 0 Å². The van der Waals surface area contributed by atoms with E-state index in [1.54, 1.807) is 0 Å². The van der Waals surface area contributed by atoms with Crippen LogP contribution in [0, 0.1) is 0 Å². The van der Waals surface area contributed by atoms with E-state index < -0.39 is 0 Å². The topological polar surface area (TPSA) is 20.3 Å². The molecule has 0 aliphatic carbocycles. The van der Waals surface area contributed by atoms with Crippen LogP contribution in [0.25, 0.3) is 0 Å². The Morgan fingerprint density at radius 1 is 1.17 bits per heavy atom. The van der Waals surface area contributed by atoms with Crippen LogP contribution in [0.1, 0.15) is 62.4 Å². The lowest BCUT2D eigenvalue weighted by Crippen LogP contribution is -2.32. The molecule has 1 amide bonds. The van der Waals surface area contributed by atoms with Crippen molar-refractivity contribution in [3.8, 4) is 0 Å². The van der Waals surface area contributed by atoms with Gasteiger partial charge in [0, 0.05) is 18.7 Å². The standard InChI is InChI=1S/C16H25NO/c1-5-10-17(11-6-2)16(18)15-9-7-8-14(12-15)13(3)4/h7-9,12-13H,5-6,10-11H2,1-4H3. The normalized spacial score (nSPS) is 10.7. The van der Waals surface area contributed by atoms with Crippen molar-refractivity contribution in [2.75, 3.05) is 13.1 Å². The Bertz CT molecular complexity index is 378. The van der Waals surface area contributed by atoms with E-state index in [4.69, 9.17) is 0 Å². The molecular weight excluding hydrogens is 222 g/mol. The van der Waals surface area contributed by atoms with Gasteiger partial charge in [0.2, 0.25) is 0 Å². The maximum Gasteiger partial charge on any atom is 0.253 e. The van der Waals surface area contributed by atoms with Gasteiger partial charge in [-0.05, 0) is 36.5 Å². The molecule has 0 fully saturated rings. The van der Waals surface area contributed by atoms with E-state index >= 15 is 0 Å². The highest BCUT2D eigenvalue weighted by Crippen LogP contribution is 2.17. The second-order valence-corrected chi connectivity index (χ2v) is 5.07. The fourth-order valence-electron chi connectivity index (χ4n) is 2.07. The number of carbonyl (C=O) groups excluding carboxylic acids is 1. The first-order chi connectivity index (χ1) is 8.60. The summed E-state index contributed by atoms with van der Waals surface area (Å²) < 4.78 is 0. The summed E-state index contributed by atoms with van der Waals surface area (Å²) in [5.41, 5.74) is 2.05. The molecule has 0 aliphatic rings. The van der Waals surface area contributed by atoms with E-state index in [1.807, 2.05) is 23.1 Å².